The highest BCUT2D eigenvalue weighted by atomic mass is 35.5. The molecule has 1 heterocycles. The zero-order valence-electron chi connectivity index (χ0n) is 8.01. The average molecular weight is 217 g/mol. The Bertz CT molecular complexity index is 337. The molecule has 0 aliphatic carbocycles. The van der Waals surface area contributed by atoms with Gasteiger partial charge in [0.15, 0.2) is 0 Å². The molecule has 0 amide bonds. The van der Waals surface area contributed by atoms with Crippen molar-refractivity contribution in [1.29, 1.82) is 0 Å². The van der Waals surface area contributed by atoms with Crippen molar-refractivity contribution in [3.63, 3.8) is 0 Å². The highest BCUT2D eigenvalue weighted by Gasteiger charge is 2.34. The molecule has 0 bridgehead atoms. The third-order valence-electron chi connectivity index (χ3n) is 2.63. The summed E-state index contributed by atoms with van der Waals surface area (Å²) in [5.41, 5.74) is 7.21. The predicted octanol–water partition coefficient (Wildman–Crippen LogP) is 1.31. The highest BCUT2D eigenvalue weighted by Crippen LogP contribution is 2.23. The molecular weight excluding hydrogens is 203 g/mol. The van der Waals surface area contributed by atoms with Crippen LogP contribution in [0.25, 0.3) is 0 Å². The molecule has 2 rings (SSSR count). The molecule has 1 aromatic carbocycles. The monoisotopic (exact) mass is 216 g/mol. The summed E-state index contributed by atoms with van der Waals surface area (Å²) in [4.78, 5) is 0. The van der Waals surface area contributed by atoms with Crippen LogP contribution in [0.1, 0.15) is 11.1 Å². The smallest absolute Gasteiger partial charge is 0.126 e. The van der Waals surface area contributed by atoms with Crippen molar-refractivity contribution in [1.82, 2.24) is 5.32 Å². The number of benzene rings is 1. The zero-order chi connectivity index (χ0) is 9.47. The summed E-state index contributed by atoms with van der Waals surface area (Å²) in [5.74, 6) is -0.172. The number of hydrogen-bond acceptors (Lipinski definition) is 2. The van der Waals surface area contributed by atoms with Gasteiger partial charge < -0.3 is 11.1 Å². The molecule has 0 unspecified atom stereocenters. The lowest BCUT2D eigenvalue weighted by atomic mass is 9.85. The molecule has 0 aromatic heterocycles. The molecule has 0 radical (unpaired) electrons. The van der Waals surface area contributed by atoms with Gasteiger partial charge in [0, 0.05) is 13.1 Å². The number of rotatable bonds is 1. The molecule has 2 nitrogen and oxygen atoms in total. The van der Waals surface area contributed by atoms with Gasteiger partial charge in [0.1, 0.15) is 5.82 Å². The van der Waals surface area contributed by atoms with Gasteiger partial charge in [-0.05, 0) is 24.1 Å². The van der Waals surface area contributed by atoms with Crippen LogP contribution >= 0.6 is 12.4 Å². The van der Waals surface area contributed by atoms with Crippen molar-refractivity contribution in [2.24, 2.45) is 5.73 Å². The van der Waals surface area contributed by atoms with Crippen LogP contribution in [-0.2, 0) is 5.54 Å². The molecule has 0 atom stereocenters. The second-order valence-electron chi connectivity index (χ2n) is 3.72. The standard InChI is InChI=1S/C10H13FN2.ClH/c1-7-2-3-8(4-9(7)11)10(12)5-13-6-10;/h2-4,13H,5-6,12H2,1H3;1H. The fourth-order valence-electron chi connectivity index (χ4n) is 1.50. The third kappa shape index (κ3) is 1.75. The third-order valence-corrected chi connectivity index (χ3v) is 2.63. The number of aryl methyl sites for hydroxylation is 1. The van der Waals surface area contributed by atoms with E-state index in [1.54, 1.807) is 13.0 Å². The van der Waals surface area contributed by atoms with Gasteiger partial charge in [-0.25, -0.2) is 4.39 Å². The van der Waals surface area contributed by atoms with Crippen molar-refractivity contribution in [3.8, 4) is 0 Å². The first-order chi connectivity index (χ1) is 6.12. The van der Waals surface area contributed by atoms with Crippen LogP contribution in [0, 0.1) is 12.7 Å². The van der Waals surface area contributed by atoms with Crippen LogP contribution in [0.3, 0.4) is 0 Å². The van der Waals surface area contributed by atoms with Crippen molar-refractivity contribution in [3.05, 3.63) is 35.1 Å². The number of nitrogens with one attached hydrogen (secondary N) is 1. The minimum absolute atomic E-state index is 0. The van der Waals surface area contributed by atoms with E-state index < -0.39 is 0 Å². The molecule has 1 saturated heterocycles. The van der Waals surface area contributed by atoms with Crippen LogP contribution in [-0.4, -0.2) is 13.1 Å². The Hall–Kier alpha value is -0.640. The lowest BCUT2D eigenvalue weighted by molar-refractivity contribution is 0.286. The lowest BCUT2D eigenvalue weighted by Gasteiger charge is -2.39. The van der Waals surface area contributed by atoms with E-state index in [0.717, 1.165) is 18.7 Å². The topological polar surface area (TPSA) is 38.0 Å². The molecular formula is C10H14ClFN2. The van der Waals surface area contributed by atoms with Gasteiger partial charge in [0.2, 0.25) is 0 Å². The van der Waals surface area contributed by atoms with E-state index in [4.69, 9.17) is 5.73 Å². The summed E-state index contributed by atoms with van der Waals surface area (Å²) in [6.07, 6.45) is 0. The first-order valence-corrected chi connectivity index (χ1v) is 4.38. The predicted molar refractivity (Wildman–Crippen MR) is 57.1 cm³/mol. The van der Waals surface area contributed by atoms with Gasteiger partial charge in [0.05, 0.1) is 5.54 Å². The minimum Gasteiger partial charge on any atom is -0.319 e. The number of halogens is 2. The Morgan fingerprint density at radius 1 is 1.43 bits per heavy atom. The van der Waals surface area contributed by atoms with Crippen LogP contribution < -0.4 is 11.1 Å². The van der Waals surface area contributed by atoms with Gasteiger partial charge in [-0.2, -0.15) is 0 Å². The van der Waals surface area contributed by atoms with E-state index >= 15 is 0 Å². The molecule has 3 N–H and O–H groups in total. The number of hydrogen-bond donors (Lipinski definition) is 2. The normalized spacial score (nSPS) is 18.2. The maximum Gasteiger partial charge on any atom is 0.126 e. The fraction of sp³-hybridized carbons (Fsp3) is 0.400. The minimum atomic E-state index is -0.353. The average Bonchev–Trinajstić information content (AvgIpc) is 2.06. The Morgan fingerprint density at radius 2 is 2.07 bits per heavy atom. The largest absolute Gasteiger partial charge is 0.319 e. The van der Waals surface area contributed by atoms with Gasteiger partial charge in [-0.1, -0.05) is 12.1 Å². The quantitative estimate of drug-likeness (QED) is 0.743. The van der Waals surface area contributed by atoms with Crippen molar-refractivity contribution in [2.45, 2.75) is 12.5 Å². The summed E-state index contributed by atoms with van der Waals surface area (Å²) in [6.45, 7) is 3.21. The summed E-state index contributed by atoms with van der Waals surface area (Å²) < 4.78 is 13.2. The molecule has 1 fully saturated rings. The molecule has 78 valence electrons. The highest BCUT2D eigenvalue weighted by molar-refractivity contribution is 5.85. The second kappa shape index (κ2) is 3.85. The Labute approximate surface area is 89.1 Å². The van der Waals surface area contributed by atoms with E-state index in [0.29, 0.717) is 5.56 Å². The molecule has 4 heteroatoms. The molecule has 14 heavy (non-hydrogen) atoms. The Balaban J connectivity index is 0.000000980. The number of nitrogens with two attached hydrogens (primary N) is 1. The van der Waals surface area contributed by atoms with E-state index in [-0.39, 0.29) is 23.8 Å². The molecule has 1 aliphatic heterocycles. The molecule has 1 aromatic rings. The van der Waals surface area contributed by atoms with Crippen LogP contribution in [0.15, 0.2) is 18.2 Å². The SMILES string of the molecule is Cc1ccc(C2(N)CNC2)cc1F.Cl. The van der Waals surface area contributed by atoms with Gasteiger partial charge in [-0.3, -0.25) is 0 Å². The van der Waals surface area contributed by atoms with E-state index in [1.165, 1.54) is 6.07 Å². The maximum absolute atomic E-state index is 13.2. The summed E-state index contributed by atoms with van der Waals surface area (Å²) in [7, 11) is 0. The van der Waals surface area contributed by atoms with Gasteiger partial charge in [0.25, 0.3) is 0 Å². The van der Waals surface area contributed by atoms with Gasteiger partial charge >= 0.3 is 0 Å². The summed E-state index contributed by atoms with van der Waals surface area (Å²) >= 11 is 0. The summed E-state index contributed by atoms with van der Waals surface area (Å²) in [6, 6.07) is 5.22. The van der Waals surface area contributed by atoms with Gasteiger partial charge in [-0.15, -0.1) is 12.4 Å². The van der Waals surface area contributed by atoms with E-state index in [9.17, 15) is 4.39 Å². The van der Waals surface area contributed by atoms with Crippen molar-refractivity contribution < 1.29 is 4.39 Å². The first kappa shape index (κ1) is 11.4. The van der Waals surface area contributed by atoms with E-state index in [1.807, 2.05) is 6.07 Å². The molecule has 0 saturated carbocycles. The fourth-order valence-corrected chi connectivity index (χ4v) is 1.50. The van der Waals surface area contributed by atoms with Crippen molar-refractivity contribution >= 4 is 12.4 Å². The zero-order valence-corrected chi connectivity index (χ0v) is 8.83. The summed E-state index contributed by atoms with van der Waals surface area (Å²) in [5, 5.41) is 3.09. The maximum atomic E-state index is 13.2. The van der Waals surface area contributed by atoms with Crippen LogP contribution in [0.5, 0.6) is 0 Å². The van der Waals surface area contributed by atoms with Crippen LogP contribution in [0.2, 0.25) is 0 Å². The second-order valence-corrected chi connectivity index (χ2v) is 3.72. The lowest BCUT2D eigenvalue weighted by Crippen LogP contribution is -2.62. The van der Waals surface area contributed by atoms with Crippen molar-refractivity contribution in [2.75, 3.05) is 13.1 Å². The van der Waals surface area contributed by atoms with Crippen LogP contribution in [0.4, 0.5) is 4.39 Å². The van der Waals surface area contributed by atoms with E-state index in [2.05, 4.69) is 5.32 Å². The molecule has 0 spiro atoms. The molecule has 1 aliphatic rings. The Kier molecular flexibility index (Phi) is 3.14. The first-order valence-electron chi connectivity index (χ1n) is 4.38. The Morgan fingerprint density at radius 3 is 2.50 bits per heavy atom.